The van der Waals surface area contributed by atoms with Gasteiger partial charge in [0.1, 0.15) is 0 Å². The van der Waals surface area contributed by atoms with Crippen LogP contribution in [0.2, 0.25) is 5.02 Å². The summed E-state index contributed by atoms with van der Waals surface area (Å²) in [4.78, 5) is 34.0. The number of hydrogen-bond donors (Lipinski definition) is 2. The molecule has 34 heavy (non-hydrogen) atoms. The van der Waals surface area contributed by atoms with E-state index >= 15 is 0 Å². The Morgan fingerprint density at radius 2 is 1.71 bits per heavy atom. The lowest BCUT2D eigenvalue weighted by Crippen LogP contribution is -2.53. The van der Waals surface area contributed by atoms with Gasteiger partial charge in [-0.05, 0) is 54.9 Å². The van der Waals surface area contributed by atoms with Gasteiger partial charge in [-0.3, -0.25) is 9.59 Å². The summed E-state index contributed by atoms with van der Waals surface area (Å²) in [5, 5.41) is 9.51. The maximum atomic E-state index is 13.0. The molecule has 0 spiro atoms. The molecule has 0 unspecified atom stereocenters. The van der Waals surface area contributed by atoms with Crippen molar-refractivity contribution in [3.8, 4) is 0 Å². The van der Waals surface area contributed by atoms with E-state index in [9.17, 15) is 9.59 Å². The Labute approximate surface area is 214 Å². The van der Waals surface area contributed by atoms with Crippen LogP contribution in [0.5, 0.6) is 0 Å². The maximum Gasteiger partial charge on any atom is 0.280 e. The number of benzene rings is 2. The average Bonchev–Trinajstić information content (AvgIpc) is 3.23. The van der Waals surface area contributed by atoms with E-state index in [1.165, 1.54) is 16.2 Å². The van der Waals surface area contributed by atoms with E-state index in [-0.39, 0.29) is 36.3 Å². The predicted octanol–water partition coefficient (Wildman–Crippen LogP) is 4.83. The zero-order chi connectivity index (χ0) is 22.9. The Bertz CT molecular complexity index is 1210. The molecular weight excluding hydrogens is 491 g/mol. The summed E-state index contributed by atoms with van der Waals surface area (Å²) >= 11 is 7.56. The molecule has 0 radical (unpaired) electrons. The van der Waals surface area contributed by atoms with E-state index in [2.05, 4.69) is 27.6 Å². The van der Waals surface area contributed by atoms with Crippen LogP contribution in [0.4, 0.5) is 0 Å². The summed E-state index contributed by atoms with van der Waals surface area (Å²) in [6.07, 6.45) is 4.65. The molecule has 2 aromatic carbocycles. The minimum absolute atomic E-state index is 0. The van der Waals surface area contributed by atoms with Gasteiger partial charge in [0.05, 0.1) is 5.69 Å². The lowest BCUT2D eigenvalue weighted by Gasteiger charge is -2.32. The highest BCUT2D eigenvalue weighted by molar-refractivity contribution is 7.13. The highest BCUT2D eigenvalue weighted by Crippen LogP contribution is 2.26. The Hall–Kier alpha value is -2.19. The van der Waals surface area contributed by atoms with Crippen LogP contribution < -0.4 is 10.6 Å². The molecule has 2 heterocycles. The molecule has 1 aliphatic carbocycles. The number of halogens is 2. The first kappa shape index (κ1) is 24.9. The van der Waals surface area contributed by atoms with E-state index in [0.717, 1.165) is 61.7 Å². The zero-order valence-corrected chi connectivity index (χ0v) is 21.4. The third kappa shape index (κ3) is 5.38. The van der Waals surface area contributed by atoms with Crippen molar-refractivity contribution in [3.05, 3.63) is 62.6 Å². The normalized spacial score (nSPS) is 20.3. The van der Waals surface area contributed by atoms with Gasteiger partial charge in [-0.2, -0.15) is 0 Å². The fourth-order valence-electron chi connectivity index (χ4n) is 4.74. The number of carbonyl (C=O) groups is 2. The SMILES string of the molecule is CN1CCc2nc(C(=O)N[C@@H]3CCCC[C@@H]3NC(=O)c3ccc4cc(Cl)ccc4c3)sc2C1.Cl. The van der Waals surface area contributed by atoms with E-state index < -0.39 is 0 Å². The van der Waals surface area contributed by atoms with Crippen LogP contribution >= 0.6 is 35.3 Å². The van der Waals surface area contributed by atoms with Crippen LogP contribution in [0.3, 0.4) is 0 Å². The molecule has 2 amide bonds. The van der Waals surface area contributed by atoms with E-state index in [1.807, 2.05) is 36.4 Å². The smallest absolute Gasteiger partial charge is 0.280 e. The standard InChI is InChI=1S/C25H27ClN4O2S.ClH/c1-30-11-10-21-22(14-30)33-25(29-21)24(32)28-20-5-3-2-4-19(20)27-23(31)17-7-6-16-13-18(26)9-8-15(16)12-17;/h6-9,12-13,19-20H,2-5,10-11,14H2,1H3,(H,27,31)(H,28,32);1H/t19-,20+;/m0./s1. The number of nitrogens with one attached hydrogen (secondary N) is 2. The van der Waals surface area contributed by atoms with Crippen molar-refractivity contribution in [1.29, 1.82) is 0 Å². The third-order valence-electron chi connectivity index (χ3n) is 6.58. The van der Waals surface area contributed by atoms with Gasteiger partial charge in [-0.25, -0.2) is 4.98 Å². The molecule has 6 nitrogen and oxygen atoms in total. The van der Waals surface area contributed by atoms with Crippen molar-refractivity contribution in [2.45, 2.75) is 50.7 Å². The van der Waals surface area contributed by atoms with Gasteiger partial charge in [0, 0.05) is 47.1 Å². The number of aromatic nitrogens is 1. The lowest BCUT2D eigenvalue weighted by molar-refractivity contribution is 0.0862. The largest absolute Gasteiger partial charge is 0.347 e. The minimum atomic E-state index is -0.134. The van der Waals surface area contributed by atoms with Crippen molar-refractivity contribution in [1.82, 2.24) is 20.5 Å². The second-order valence-electron chi connectivity index (χ2n) is 9.03. The summed E-state index contributed by atoms with van der Waals surface area (Å²) in [6.45, 7) is 1.82. The Kier molecular flexibility index (Phi) is 7.77. The van der Waals surface area contributed by atoms with E-state index in [1.54, 1.807) is 0 Å². The molecule has 2 aliphatic rings. The first-order chi connectivity index (χ1) is 16.0. The Morgan fingerprint density at radius 1 is 1.03 bits per heavy atom. The van der Waals surface area contributed by atoms with Crippen molar-refractivity contribution in [3.63, 3.8) is 0 Å². The highest BCUT2D eigenvalue weighted by atomic mass is 35.5. The molecule has 0 bridgehead atoms. The number of hydrogen-bond acceptors (Lipinski definition) is 5. The van der Waals surface area contributed by atoms with Crippen LogP contribution in [-0.4, -0.2) is 47.4 Å². The monoisotopic (exact) mass is 518 g/mol. The topological polar surface area (TPSA) is 74.3 Å². The summed E-state index contributed by atoms with van der Waals surface area (Å²) in [6, 6.07) is 11.1. The molecule has 5 rings (SSSR count). The molecule has 2 atom stereocenters. The number of amides is 2. The van der Waals surface area contributed by atoms with Gasteiger partial charge >= 0.3 is 0 Å². The molecule has 0 saturated heterocycles. The van der Waals surface area contributed by atoms with Gasteiger partial charge in [-0.15, -0.1) is 23.7 Å². The van der Waals surface area contributed by atoms with Gasteiger partial charge in [-0.1, -0.05) is 36.6 Å². The maximum absolute atomic E-state index is 13.0. The fourth-order valence-corrected chi connectivity index (χ4v) is 6.01. The van der Waals surface area contributed by atoms with Crippen LogP contribution in [0.25, 0.3) is 10.8 Å². The second-order valence-corrected chi connectivity index (χ2v) is 10.5. The quantitative estimate of drug-likeness (QED) is 0.518. The van der Waals surface area contributed by atoms with Crippen molar-refractivity contribution in [2.75, 3.05) is 13.6 Å². The number of thiazole rings is 1. The molecule has 180 valence electrons. The van der Waals surface area contributed by atoms with Gasteiger partial charge < -0.3 is 15.5 Å². The van der Waals surface area contributed by atoms with Crippen molar-refractivity contribution < 1.29 is 9.59 Å². The van der Waals surface area contributed by atoms with Gasteiger partial charge in [0.2, 0.25) is 0 Å². The summed E-state index contributed by atoms with van der Waals surface area (Å²) in [5.74, 6) is -0.253. The zero-order valence-electron chi connectivity index (χ0n) is 19.0. The minimum Gasteiger partial charge on any atom is -0.347 e. The van der Waals surface area contributed by atoms with Gasteiger partial charge in [0.15, 0.2) is 5.01 Å². The molecule has 2 N–H and O–H groups in total. The molecule has 9 heteroatoms. The molecule has 1 fully saturated rings. The number of carbonyl (C=O) groups excluding carboxylic acids is 2. The Morgan fingerprint density at radius 3 is 2.47 bits per heavy atom. The number of rotatable bonds is 4. The van der Waals surface area contributed by atoms with Crippen LogP contribution in [0.15, 0.2) is 36.4 Å². The molecule has 3 aromatic rings. The number of nitrogens with zero attached hydrogens (tertiary/aromatic N) is 2. The lowest BCUT2D eigenvalue weighted by atomic mass is 9.90. The summed E-state index contributed by atoms with van der Waals surface area (Å²) in [7, 11) is 2.09. The first-order valence-electron chi connectivity index (χ1n) is 11.4. The number of likely N-dealkylation sites (N-methyl/N-ethyl adjacent to an activating group) is 1. The Balaban J connectivity index is 0.00000274. The third-order valence-corrected chi connectivity index (χ3v) is 7.90. The number of fused-ring (bicyclic) bond motifs is 2. The van der Waals surface area contributed by atoms with Crippen LogP contribution in [-0.2, 0) is 13.0 Å². The molecule has 1 aromatic heterocycles. The molecular formula is C25H28Cl2N4O2S. The van der Waals surface area contributed by atoms with Crippen molar-refractivity contribution >= 4 is 57.9 Å². The molecule has 1 saturated carbocycles. The average molecular weight is 519 g/mol. The summed E-state index contributed by atoms with van der Waals surface area (Å²) in [5.41, 5.74) is 1.66. The van der Waals surface area contributed by atoms with Crippen LogP contribution in [0.1, 0.15) is 56.4 Å². The van der Waals surface area contributed by atoms with Crippen LogP contribution in [0, 0.1) is 0 Å². The second kappa shape index (κ2) is 10.6. The first-order valence-corrected chi connectivity index (χ1v) is 12.6. The highest BCUT2D eigenvalue weighted by Gasteiger charge is 2.30. The fraction of sp³-hybridized carbons (Fsp3) is 0.400. The van der Waals surface area contributed by atoms with E-state index in [0.29, 0.717) is 15.6 Å². The molecule has 1 aliphatic heterocycles. The summed E-state index contributed by atoms with van der Waals surface area (Å²) < 4.78 is 0. The van der Waals surface area contributed by atoms with Crippen molar-refractivity contribution in [2.24, 2.45) is 0 Å². The predicted molar refractivity (Wildman–Crippen MR) is 139 cm³/mol. The van der Waals surface area contributed by atoms with Gasteiger partial charge in [0.25, 0.3) is 11.8 Å². The van der Waals surface area contributed by atoms with E-state index in [4.69, 9.17) is 11.6 Å².